The molecule has 29 heavy (non-hydrogen) atoms. The summed E-state index contributed by atoms with van der Waals surface area (Å²) in [5, 5.41) is 8.95. The first-order valence-electron chi connectivity index (χ1n) is 11.2. The Labute approximate surface area is 174 Å². The maximum atomic E-state index is 10.9. The lowest BCUT2D eigenvalue weighted by atomic mass is 9.79. The molecule has 4 rings (SSSR count). The van der Waals surface area contributed by atoms with E-state index in [9.17, 15) is 4.79 Å². The van der Waals surface area contributed by atoms with Gasteiger partial charge < -0.3 is 14.7 Å². The van der Waals surface area contributed by atoms with Gasteiger partial charge in [0.1, 0.15) is 0 Å². The Morgan fingerprint density at radius 3 is 2.62 bits per heavy atom. The van der Waals surface area contributed by atoms with Crippen molar-refractivity contribution in [2.24, 2.45) is 16.3 Å². The van der Waals surface area contributed by atoms with Gasteiger partial charge in [-0.25, -0.2) is 0 Å². The van der Waals surface area contributed by atoms with E-state index in [4.69, 9.17) is 14.8 Å². The number of carbonyl (C=O) groups is 1. The van der Waals surface area contributed by atoms with E-state index in [2.05, 4.69) is 35.2 Å². The smallest absolute Gasteiger partial charge is 0.304 e. The van der Waals surface area contributed by atoms with E-state index in [-0.39, 0.29) is 11.8 Å². The molecule has 0 aromatic heterocycles. The number of hydrogen-bond donors (Lipinski definition) is 1. The van der Waals surface area contributed by atoms with E-state index >= 15 is 0 Å². The minimum Gasteiger partial charge on any atom is -0.481 e. The van der Waals surface area contributed by atoms with E-state index in [1.54, 1.807) is 0 Å². The maximum Gasteiger partial charge on any atom is 0.304 e. The number of hydrogen-bond acceptors (Lipinski definition) is 4. The number of aliphatic imine (C=N–C) groups is 1. The average Bonchev–Trinajstić information content (AvgIpc) is 3.48. The molecule has 158 valence electrons. The standard InChI is InChI=1S/C24H34N2O3/c27-23(28)9-12-26-13-10-24(11-14-26,18-29-16-19-5-4-6-19)17-25-22-15-21(22)20-7-2-1-3-8-20/h1-3,7-8,19,21H,4-6,9-18H2,(H,27,28). The summed E-state index contributed by atoms with van der Waals surface area (Å²) in [4.78, 5) is 18.2. The molecule has 3 aliphatic rings. The van der Waals surface area contributed by atoms with Crippen molar-refractivity contribution in [2.45, 2.75) is 50.9 Å². The Bertz CT molecular complexity index is 706. The van der Waals surface area contributed by atoms with Crippen molar-refractivity contribution in [3.05, 3.63) is 35.9 Å². The molecule has 0 amide bonds. The lowest BCUT2D eigenvalue weighted by molar-refractivity contribution is -0.137. The Balaban J connectivity index is 1.32. The van der Waals surface area contributed by atoms with Gasteiger partial charge in [-0.15, -0.1) is 0 Å². The lowest BCUT2D eigenvalue weighted by Crippen LogP contribution is -2.45. The van der Waals surface area contributed by atoms with Crippen LogP contribution in [0.4, 0.5) is 0 Å². The van der Waals surface area contributed by atoms with Crippen LogP contribution in [0.25, 0.3) is 0 Å². The molecule has 0 radical (unpaired) electrons. The molecule has 1 N–H and O–H groups in total. The predicted molar refractivity (Wildman–Crippen MR) is 115 cm³/mol. The molecule has 5 nitrogen and oxygen atoms in total. The van der Waals surface area contributed by atoms with Crippen LogP contribution in [0.5, 0.6) is 0 Å². The van der Waals surface area contributed by atoms with Crippen LogP contribution in [-0.2, 0) is 9.53 Å². The van der Waals surface area contributed by atoms with Crippen LogP contribution in [0.1, 0.15) is 56.4 Å². The fraction of sp³-hybridized carbons (Fsp3) is 0.667. The fourth-order valence-corrected chi connectivity index (χ4v) is 4.54. The molecule has 1 atom stereocenters. The predicted octanol–water partition coefficient (Wildman–Crippen LogP) is 3.99. The molecule has 2 saturated carbocycles. The number of carboxylic acids is 1. The molecule has 1 aromatic carbocycles. The number of rotatable bonds is 10. The number of ether oxygens (including phenoxy) is 1. The van der Waals surface area contributed by atoms with Gasteiger partial charge >= 0.3 is 5.97 Å². The van der Waals surface area contributed by atoms with E-state index in [0.29, 0.717) is 12.5 Å². The summed E-state index contributed by atoms with van der Waals surface area (Å²) < 4.78 is 6.20. The van der Waals surface area contributed by atoms with Gasteiger partial charge in [-0.2, -0.15) is 0 Å². The van der Waals surface area contributed by atoms with Crippen molar-refractivity contribution in [2.75, 3.05) is 39.4 Å². The highest BCUT2D eigenvalue weighted by molar-refractivity contribution is 6.05. The van der Waals surface area contributed by atoms with Gasteiger partial charge in [0.25, 0.3) is 0 Å². The molecule has 1 aliphatic heterocycles. The molecule has 1 aromatic rings. The second kappa shape index (κ2) is 9.40. The van der Waals surface area contributed by atoms with E-state index in [1.165, 1.54) is 30.5 Å². The van der Waals surface area contributed by atoms with Gasteiger partial charge in [0.15, 0.2) is 0 Å². The number of piperidine rings is 1. The Morgan fingerprint density at radius 1 is 1.21 bits per heavy atom. The summed E-state index contributed by atoms with van der Waals surface area (Å²) in [6.45, 7) is 5.10. The van der Waals surface area contributed by atoms with Crippen molar-refractivity contribution >= 4 is 11.7 Å². The highest BCUT2D eigenvalue weighted by Gasteiger charge is 2.38. The second-order valence-electron chi connectivity index (χ2n) is 9.27. The number of aliphatic carboxylic acids is 1. The van der Waals surface area contributed by atoms with Gasteiger partial charge in [-0.05, 0) is 56.7 Å². The minimum absolute atomic E-state index is 0.111. The molecule has 3 fully saturated rings. The summed E-state index contributed by atoms with van der Waals surface area (Å²) in [6.07, 6.45) is 7.40. The average molecular weight is 399 g/mol. The zero-order valence-corrected chi connectivity index (χ0v) is 17.4. The summed E-state index contributed by atoms with van der Waals surface area (Å²) in [7, 11) is 0. The Morgan fingerprint density at radius 2 is 1.97 bits per heavy atom. The SMILES string of the molecule is O=C(O)CCN1CCC(CN=C2CC2c2ccccc2)(COCC2CCC2)CC1. The zero-order chi connectivity index (χ0) is 20.1. The van der Waals surface area contributed by atoms with Crippen molar-refractivity contribution in [3.8, 4) is 0 Å². The van der Waals surface area contributed by atoms with Crippen LogP contribution in [0.15, 0.2) is 35.3 Å². The highest BCUT2D eigenvalue weighted by atomic mass is 16.5. The minimum atomic E-state index is -0.710. The summed E-state index contributed by atoms with van der Waals surface area (Å²) in [5.74, 6) is 0.567. The highest BCUT2D eigenvalue weighted by Crippen LogP contribution is 2.39. The summed E-state index contributed by atoms with van der Waals surface area (Å²) in [6, 6.07) is 10.7. The van der Waals surface area contributed by atoms with Gasteiger partial charge in [-0.1, -0.05) is 36.8 Å². The first kappa shape index (κ1) is 20.5. The molecule has 1 heterocycles. The largest absolute Gasteiger partial charge is 0.481 e. The van der Waals surface area contributed by atoms with Gasteiger partial charge in [0.05, 0.1) is 13.0 Å². The number of benzene rings is 1. The van der Waals surface area contributed by atoms with Crippen LogP contribution in [-0.4, -0.2) is 61.1 Å². The topological polar surface area (TPSA) is 62.1 Å². The zero-order valence-electron chi connectivity index (χ0n) is 17.4. The van der Waals surface area contributed by atoms with Gasteiger partial charge in [-0.3, -0.25) is 9.79 Å². The van der Waals surface area contributed by atoms with Crippen LogP contribution in [0.2, 0.25) is 0 Å². The Kier molecular flexibility index (Phi) is 6.66. The first-order valence-corrected chi connectivity index (χ1v) is 11.2. The van der Waals surface area contributed by atoms with Crippen LogP contribution < -0.4 is 0 Å². The van der Waals surface area contributed by atoms with Crippen LogP contribution in [0.3, 0.4) is 0 Å². The molecular weight excluding hydrogens is 364 g/mol. The molecule has 1 saturated heterocycles. The number of nitrogens with zero attached hydrogens (tertiary/aromatic N) is 2. The molecule has 0 bridgehead atoms. The van der Waals surface area contributed by atoms with Crippen LogP contribution in [0, 0.1) is 11.3 Å². The van der Waals surface area contributed by atoms with E-state index in [1.807, 2.05) is 0 Å². The monoisotopic (exact) mass is 398 g/mol. The third-order valence-corrected chi connectivity index (χ3v) is 7.02. The van der Waals surface area contributed by atoms with Gasteiger partial charge in [0.2, 0.25) is 0 Å². The number of likely N-dealkylation sites (tertiary alicyclic amines) is 1. The van der Waals surface area contributed by atoms with Crippen molar-refractivity contribution < 1.29 is 14.6 Å². The third kappa shape index (κ3) is 5.67. The van der Waals surface area contributed by atoms with E-state index < -0.39 is 5.97 Å². The molecule has 5 heteroatoms. The fourth-order valence-electron chi connectivity index (χ4n) is 4.54. The van der Waals surface area contributed by atoms with Gasteiger partial charge in [0, 0.05) is 36.7 Å². The van der Waals surface area contributed by atoms with E-state index in [0.717, 1.165) is 58.0 Å². The van der Waals surface area contributed by atoms with Crippen molar-refractivity contribution in [3.63, 3.8) is 0 Å². The maximum absolute atomic E-state index is 10.9. The number of carboxylic acid groups (broad SMARTS) is 1. The molecular formula is C24H34N2O3. The Hall–Kier alpha value is -1.72. The second-order valence-corrected chi connectivity index (χ2v) is 9.27. The first-order chi connectivity index (χ1) is 14.1. The lowest BCUT2D eigenvalue weighted by Gasteiger charge is -2.41. The normalized spacial score (nSPS) is 25.7. The molecule has 2 aliphatic carbocycles. The molecule has 0 spiro atoms. The van der Waals surface area contributed by atoms with Crippen LogP contribution >= 0.6 is 0 Å². The van der Waals surface area contributed by atoms with Crippen molar-refractivity contribution in [1.82, 2.24) is 4.90 Å². The third-order valence-electron chi connectivity index (χ3n) is 7.02. The van der Waals surface area contributed by atoms with Crippen molar-refractivity contribution in [1.29, 1.82) is 0 Å². The molecule has 1 unspecified atom stereocenters. The quantitative estimate of drug-likeness (QED) is 0.647. The summed E-state index contributed by atoms with van der Waals surface area (Å²) >= 11 is 0. The summed E-state index contributed by atoms with van der Waals surface area (Å²) in [5.41, 5.74) is 2.83.